The Kier molecular flexibility index (Phi) is 7.29. The molecule has 30 heavy (non-hydrogen) atoms. The number of amides is 4. The lowest BCUT2D eigenvalue weighted by Gasteiger charge is -2.40. The predicted octanol–water partition coefficient (Wildman–Crippen LogP) is 2.33. The molecule has 2 aliphatic rings. The summed E-state index contributed by atoms with van der Waals surface area (Å²) in [5, 5.41) is 2.79. The average Bonchev–Trinajstić information content (AvgIpc) is 2.77. The van der Waals surface area contributed by atoms with Crippen LogP contribution >= 0.6 is 0 Å². The van der Waals surface area contributed by atoms with Crippen LogP contribution in [0.25, 0.3) is 0 Å². The molecule has 164 valence electrons. The predicted molar refractivity (Wildman–Crippen MR) is 111 cm³/mol. The van der Waals surface area contributed by atoms with Crippen molar-refractivity contribution < 1.29 is 18.8 Å². The van der Waals surface area contributed by atoms with Gasteiger partial charge < -0.3 is 20.0 Å². The minimum absolute atomic E-state index is 0.0619. The van der Waals surface area contributed by atoms with Crippen LogP contribution in [-0.2, 0) is 4.79 Å². The van der Waals surface area contributed by atoms with E-state index in [0.717, 1.165) is 25.9 Å². The second kappa shape index (κ2) is 9.91. The van der Waals surface area contributed by atoms with E-state index < -0.39 is 17.8 Å². The van der Waals surface area contributed by atoms with Gasteiger partial charge in [-0.3, -0.25) is 9.59 Å². The number of rotatable bonds is 4. The van der Waals surface area contributed by atoms with Crippen LogP contribution in [0.3, 0.4) is 0 Å². The van der Waals surface area contributed by atoms with E-state index in [1.165, 1.54) is 30.7 Å². The Hall–Kier alpha value is -2.64. The molecule has 1 unspecified atom stereocenters. The van der Waals surface area contributed by atoms with Crippen LogP contribution in [0.5, 0.6) is 0 Å². The van der Waals surface area contributed by atoms with Gasteiger partial charge in [0.25, 0.3) is 5.91 Å². The van der Waals surface area contributed by atoms with Crippen LogP contribution in [0.4, 0.5) is 9.18 Å². The summed E-state index contributed by atoms with van der Waals surface area (Å²) < 4.78 is 13.1. The first-order chi connectivity index (χ1) is 14.4. The molecule has 1 aromatic rings. The number of carbonyl (C=O) groups excluding carboxylic acids is 3. The van der Waals surface area contributed by atoms with Gasteiger partial charge >= 0.3 is 6.03 Å². The summed E-state index contributed by atoms with van der Waals surface area (Å²) in [5.41, 5.74) is 0.312. The first-order valence-electron chi connectivity index (χ1n) is 10.8. The monoisotopic (exact) mass is 418 g/mol. The largest absolute Gasteiger partial charge is 0.340 e. The lowest BCUT2D eigenvalue weighted by Crippen LogP contribution is -2.58. The molecular formula is C22H31FN4O3. The first kappa shape index (κ1) is 22.1. The molecule has 8 heteroatoms. The van der Waals surface area contributed by atoms with Gasteiger partial charge in [0.15, 0.2) is 0 Å². The molecule has 4 amide bonds. The van der Waals surface area contributed by atoms with Crippen LogP contribution in [-0.4, -0.2) is 77.9 Å². The van der Waals surface area contributed by atoms with E-state index in [2.05, 4.69) is 5.32 Å². The quantitative estimate of drug-likeness (QED) is 0.816. The number of benzene rings is 1. The Labute approximate surface area is 177 Å². The summed E-state index contributed by atoms with van der Waals surface area (Å²) >= 11 is 0. The van der Waals surface area contributed by atoms with Crippen molar-refractivity contribution in [1.82, 2.24) is 20.0 Å². The van der Waals surface area contributed by atoms with Crippen molar-refractivity contribution in [1.29, 1.82) is 0 Å². The number of urea groups is 1. The molecule has 7 nitrogen and oxygen atoms in total. The van der Waals surface area contributed by atoms with E-state index >= 15 is 0 Å². The minimum atomic E-state index is -0.674. The fourth-order valence-corrected chi connectivity index (χ4v) is 3.94. The highest BCUT2D eigenvalue weighted by Gasteiger charge is 2.33. The van der Waals surface area contributed by atoms with Gasteiger partial charge in [-0.2, -0.15) is 0 Å². The van der Waals surface area contributed by atoms with Crippen molar-refractivity contribution in [2.24, 2.45) is 5.92 Å². The topological polar surface area (TPSA) is 73.0 Å². The Morgan fingerprint density at radius 3 is 1.93 bits per heavy atom. The first-order valence-corrected chi connectivity index (χ1v) is 10.8. The summed E-state index contributed by atoms with van der Waals surface area (Å²) in [7, 11) is 0. The molecule has 1 N–H and O–H groups in total. The Morgan fingerprint density at radius 1 is 0.833 bits per heavy atom. The summed E-state index contributed by atoms with van der Waals surface area (Å²) in [6, 6.07) is 4.63. The smallest absolute Gasteiger partial charge is 0.320 e. The van der Waals surface area contributed by atoms with Crippen molar-refractivity contribution in [2.45, 2.75) is 39.2 Å². The molecule has 2 heterocycles. The van der Waals surface area contributed by atoms with Crippen molar-refractivity contribution in [3.8, 4) is 0 Å². The highest BCUT2D eigenvalue weighted by Crippen LogP contribution is 2.15. The molecule has 0 spiro atoms. The van der Waals surface area contributed by atoms with E-state index in [-0.39, 0.29) is 17.9 Å². The lowest BCUT2D eigenvalue weighted by atomic mass is 10.0. The van der Waals surface area contributed by atoms with Crippen molar-refractivity contribution in [2.75, 3.05) is 39.3 Å². The van der Waals surface area contributed by atoms with Gasteiger partial charge in [0.05, 0.1) is 0 Å². The number of hydrogen-bond acceptors (Lipinski definition) is 3. The summed E-state index contributed by atoms with van der Waals surface area (Å²) in [4.78, 5) is 43.7. The third kappa shape index (κ3) is 5.29. The maximum Gasteiger partial charge on any atom is 0.320 e. The molecule has 2 fully saturated rings. The van der Waals surface area contributed by atoms with E-state index in [1.54, 1.807) is 4.90 Å². The number of piperazine rings is 1. The van der Waals surface area contributed by atoms with Crippen LogP contribution in [0.1, 0.15) is 43.5 Å². The highest BCUT2D eigenvalue weighted by molar-refractivity contribution is 5.97. The lowest BCUT2D eigenvalue weighted by molar-refractivity contribution is -0.135. The second-order valence-electron chi connectivity index (χ2n) is 8.34. The number of halogens is 1. The fraction of sp³-hybridized carbons (Fsp3) is 0.591. The molecule has 3 rings (SSSR count). The average molecular weight is 419 g/mol. The third-order valence-electron chi connectivity index (χ3n) is 5.81. The van der Waals surface area contributed by atoms with Crippen LogP contribution < -0.4 is 5.32 Å². The number of nitrogens with one attached hydrogen (secondary N) is 1. The summed E-state index contributed by atoms with van der Waals surface area (Å²) in [6.45, 7) is 7.27. The van der Waals surface area contributed by atoms with Crippen molar-refractivity contribution >= 4 is 17.8 Å². The van der Waals surface area contributed by atoms with Crippen LogP contribution in [0.2, 0.25) is 0 Å². The molecule has 1 atom stereocenters. The zero-order chi connectivity index (χ0) is 21.7. The number of piperidine rings is 1. The van der Waals surface area contributed by atoms with Gasteiger partial charge in [-0.25, -0.2) is 9.18 Å². The molecule has 0 saturated carbocycles. The van der Waals surface area contributed by atoms with Gasteiger partial charge in [0.1, 0.15) is 11.9 Å². The Balaban J connectivity index is 1.56. The number of carbonyl (C=O) groups is 3. The third-order valence-corrected chi connectivity index (χ3v) is 5.81. The molecule has 2 aliphatic heterocycles. The minimum Gasteiger partial charge on any atom is -0.340 e. The zero-order valence-electron chi connectivity index (χ0n) is 17.8. The Bertz CT molecular complexity index is 754. The zero-order valence-corrected chi connectivity index (χ0v) is 17.8. The van der Waals surface area contributed by atoms with E-state index in [4.69, 9.17) is 0 Å². The molecule has 0 aliphatic carbocycles. The molecule has 0 aromatic heterocycles. The SMILES string of the molecule is CC(C)C(NC(=O)c1ccc(F)cc1)C(=O)N1CCN(C(=O)N2CCCCC2)CC1. The van der Waals surface area contributed by atoms with Gasteiger partial charge in [0, 0.05) is 44.8 Å². The van der Waals surface area contributed by atoms with E-state index in [1.807, 2.05) is 23.6 Å². The summed E-state index contributed by atoms with van der Waals surface area (Å²) in [5.74, 6) is -1.07. The molecular weight excluding hydrogens is 387 g/mol. The van der Waals surface area contributed by atoms with Crippen molar-refractivity contribution in [3.63, 3.8) is 0 Å². The maximum atomic E-state index is 13.1. The van der Waals surface area contributed by atoms with Gasteiger partial charge in [-0.15, -0.1) is 0 Å². The van der Waals surface area contributed by atoms with Crippen LogP contribution in [0, 0.1) is 11.7 Å². The molecule has 2 saturated heterocycles. The number of nitrogens with zero attached hydrogens (tertiary/aromatic N) is 3. The van der Waals surface area contributed by atoms with Crippen LogP contribution in [0.15, 0.2) is 24.3 Å². The van der Waals surface area contributed by atoms with Crippen molar-refractivity contribution in [3.05, 3.63) is 35.6 Å². The standard InChI is InChI=1S/C22H31FN4O3/c1-16(2)19(24-20(28)17-6-8-18(23)9-7-17)21(29)25-12-14-27(15-13-25)22(30)26-10-4-3-5-11-26/h6-9,16,19H,3-5,10-15H2,1-2H3,(H,24,28). The molecule has 0 radical (unpaired) electrons. The van der Waals surface area contributed by atoms with E-state index in [9.17, 15) is 18.8 Å². The second-order valence-corrected chi connectivity index (χ2v) is 8.34. The highest BCUT2D eigenvalue weighted by atomic mass is 19.1. The van der Waals surface area contributed by atoms with E-state index in [0.29, 0.717) is 31.7 Å². The molecule has 1 aromatic carbocycles. The normalized spacial score (nSPS) is 18.3. The molecule has 0 bridgehead atoms. The number of hydrogen-bond donors (Lipinski definition) is 1. The van der Waals surface area contributed by atoms with Gasteiger partial charge in [0.2, 0.25) is 5.91 Å². The fourth-order valence-electron chi connectivity index (χ4n) is 3.94. The Morgan fingerprint density at radius 2 is 1.37 bits per heavy atom. The summed E-state index contributed by atoms with van der Waals surface area (Å²) in [6.07, 6.45) is 3.27. The van der Waals surface area contributed by atoms with Gasteiger partial charge in [-0.05, 0) is 49.4 Å². The number of likely N-dealkylation sites (tertiary alicyclic amines) is 1. The maximum absolute atomic E-state index is 13.1. The van der Waals surface area contributed by atoms with Gasteiger partial charge in [-0.1, -0.05) is 13.8 Å².